The summed E-state index contributed by atoms with van der Waals surface area (Å²) in [5.41, 5.74) is 5.47. The van der Waals surface area contributed by atoms with Crippen LogP contribution in [0.1, 0.15) is 48.9 Å². The first kappa shape index (κ1) is 17.0. The van der Waals surface area contributed by atoms with Crippen LogP contribution in [0.5, 0.6) is 0 Å². The van der Waals surface area contributed by atoms with Crippen molar-refractivity contribution in [2.45, 2.75) is 59.6 Å². The maximum atomic E-state index is 10.5. The number of nitrogens with two attached hydrogens (primary N) is 1. The molecule has 0 aromatic rings. The maximum absolute atomic E-state index is 10.5. The summed E-state index contributed by atoms with van der Waals surface area (Å²) in [6.45, 7) is 9.06. The van der Waals surface area contributed by atoms with Gasteiger partial charge >= 0.3 is 0 Å². The van der Waals surface area contributed by atoms with Crippen molar-refractivity contribution in [1.82, 2.24) is 0 Å². The molecular weight excluding hydrogens is 194 g/mol. The minimum absolute atomic E-state index is 0. The lowest BCUT2D eigenvalue weighted by Gasteiger charge is -2.01. The molecule has 0 heterocycles. The van der Waals surface area contributed by atoms with Gasteiger partial charge in [0.15, 0.2) is 0 Å². The van der Waals surface area contributed by atoms with Gasteiger partial charge in [0.2, 0.25) is 0 Å². The molecule has 0 amide bonds. The van der Waals surface area contributed by atoms with Crippen molar-refractivity contribution in [3.05, 3.63) is 0 Å². The fourth-order valence-corrected chi connectivity index (χ4v) is 0.787. The Morgan fingerprint density at radius 1 is 1.47 bits per heavy atom. The number of carbonyl (C=O) groups is 1. The van der Waals surface area contributed by atoms with E-state index in [9.17, 15) is 4.79 Å². The zero-order chi connectivity index (χ0) is 12.4. The van der Waals surface area contributed by atoms with Crippen molar-refractivity contribution in [2.75, 3.05) is 0 Å². The van der Waals surface area contributed by atoms with E-state index in [1.165, 1.54) is 0 Å². The Kier molecular flexibility index (Phi) is 11.4. The van der Waals surface area contributed by atoms with Crippen LogP contribution in [0.3, 0.4) is 0 Å². The van der Waals surface area contributed by atoms with Crippen LogP contribution in [0, 0.1) is 5.92 Å². The number of hydrogen-bond acceptors (Lipinski definition) is 4. The highest BCUT2D eigenvalue weighted by Gasteiger charge is 2.30. The molecule has 0 bridgehead atoms. The molecular formula is C11H27NO3. The van der Waals surface area contributed by atoms with Gasteiger partial charge in [0.1, 0.15) is 5.78 Å². The van der Waals surface area contributed by atoms with Crippen molar-refractivity contribution >= 4 is 5.78 Å². The van der Waals surface area contributed by atoms with Gasteiger partial charge in [-0.3, -0.25) is 10.1 Å². The molecule has 94 valence electrons. The third-order valence-corrected chi connectivity index (χ3v) is 1.81. The molecule has 1 fully saturated rings. The summed E-state index contributed by atoms with van der Waals surface area (Å²) in [5, 5.41) is 7.64. The molecule has 4 nitrogen and oxygen atoms in total. The van der Waals surface area contributed by atoms with Gasteiger partial charge in [-0.05, 0) is 39.5 Å². The first-order valence-electron chi connectivity index (χ1n) is 5.55. The summed E-state index contributed by atoms with van der Waals surface area (Å²) in [5.74, 6) is 0.653. The van der Waals surface area contributed by atoms with E-state index in [4.69, 9.17) is 11.0 Å². The molecule has 0 saturated heterocycles. The maximum Gasteiger partial charge on any atom is 0.146 e. The van der Waals surface area contributed by atoms with E-state index in [1.54, 1.807) is 20.8 Å². The van der Waals surface area contributed by atoms with Crippen molar-refractivity contribution in [1.29, 1.82) is 0 Å². The van der Waals surface area contributed by atoms with Gasteiger partial charge in [-0.15, -0.1) is 0 Å². The zero-order valence-electron chi connectivity index (χ0n) is 10.5. The molecule has 1 aliphatic carbocycles. The average Bonchev–Trinajstić information content (AvgIpc) is 3.04. The fraction of sp³-hybridized carbons (Fsp3) is 0.909. The van der Waals surface area contributed by atoms with Crippen LogP contribution < -0.4 is 5.73 Å². The monoisotopic (exact) mass is 221 g/mol. The van der Waals surface area contributed by atoms with Gasteiger partial charge in [0.05, 0.1) is 12.1 Å². The highest BCUT2D eigenvalue weighted by molar-refractivity contribution is 5.81. The zero-order valence-corrected chi connectivity index (χ0v) is 10.5. The van der Waals surface area contributed by atoms with E-state index in [0.717, 1.165) is 12.8 Å². The van der Waals surface area contributed by atoms with Crippen LogP contribution in [0.2, 0.25) is 0 Å². The van der Waals surface area contributed by atoms with Gasteiger partial charge in [-0.1, -0.05) is 13.8 Å². The van der Waals surface area contributed by atoms with Gasteiger partial charge in [-0.2, -0.15) is 0 Å². The van der Waals surface area contributed by atoms with Crippen LogP contribution in [-0.2, 0) is 9.68 Å². The SMILES string of the molecule is CC.CC(=O)C(N)C1CC1.CC(C)OO.[HH]. The van der Waals surface area contributed by atoms with Crippen LogP contribution in [0.4, 0.5) is 0 Å². The van der Waals surface area contributed by atoms with E-state index in [1.807, 2.05) is 13.8 Å². The minimum atomic E-state index is -0.157. The molecule has 1 atom stereocenters. The van der Waals surface area contributed by atoms with Crippen LogP contribution in [0.25, 0.3) is 0 Å². The molecule has 0 radical (unpaired) electrons. The van der Waals surface area contributed by atoms with E-state index >= 15 is 0 Å². The highest BCUT2D eigenvalue weighted by atomic mass is 17.1. The number of rotatable bonds is 3. The van der Waals surface area contributed by atoms with Crippen molar-refractivity contribution < 1.29 is 16.4 Å². The fourth-order valence-electron chi connectivity index (χ4n) is 0.787. The number of Topliss-reactive ketones (excluding diaryl/α,β-unsaturated/α-hetero) is 1. The largest absolute Gasteiger partial charge is 0.321 e. The quantitative estimate of drug-likeness (QED) is 0.567. The van der Waals surface area contributed by atoms with Gasteiger partial charge in [-0.25, -0.2) is 4.89 Å². The summed E-state index contributed by atoms with van der Waals surface area (Å²) in [4.78, 5) is 14.3. The lowest BCUT2D eigenvalue weighted by atomic mass is 10.1. The van der Waals surface area contributed by atoms with E-state index < -0.39 is 0 Å². The number of hydrogen-bond donors (Lipinski definition) is 2. The lowest BCUT2D eigenvalue weighted by molar-refractivity contribution is -0.269. The molecule has 0 aliphatic heterocycles. The van der Waals surface area contributed by atoms with E-state index in [-0.39, 0.29) is 19.4 Å². The first-order chi connectivity index (χ1) is 6.99. The van der Waals surface area contributed by atoms with Gasteiger partial charge in [0.25, 0.3) is 0 Å². The molecule has 3 N–H and O–H groups in total. The van der Waals surface area contributed by atoms with Crippen LogP contribution >= 0.6 is 0 Å². The average molecular weight is 221 g/mol. The van der Waals surface area contributed by atoms with Gasteiger partial charge < -0.3 is 5.73 Å². The van der Waals surface area contributed by atoms with Crippen LogP contribution in [0.15, 0.2) is 0 Å². The van der Waals surface area contributed by atoms with Crippen molar-refractivity contribution in [3.8, 4) is 0 Å². The summed E-state index contributed by atoms with van der Waals surface area (Å²) in [6, 6.07) is -0.157. The van der Waals surface area contributed by atoms with E-state index in [0.29, 0.717) is 5.92 Å². The van der Waals surface area contributed by atoms with Gasteiger partial charge in [0, 0.05) is 1.43 Å². The predicted octanol–water partition coefficient (Wildman–Crippen LogP) is 2.47. The Morgan fingerprint density at radius 2 is 1.80 bits per heavy atom. The van der Waals surface area contributed by atoms with Crippen molar-refractivity contribution in [2.24, 2.45) is 11.7 Å². The Balaban J connectivity index is -0.000000187. The molecule has 0 aromatic carbocycles. The molecule has 0 spiro atoms. The third-order valence-electron chi connectivity index (χ3n) is 1.81. The number of carbonyl (C=O) groups excluding carboxylic acids is 1. The molecule has 15 heavy (non-hydrogen) atoms. The second-order valence-electron chi connectivity index (χ2n) is 3.63. The Bertz CT molecular complexity index is 161. The molecule has 1 saturated carbocycles. The standard InChI is InChI=1S/C6H11NO.C3H8O2.C2H6.H2/c1-4(8)6(7)5-2-3-5;1-3(2)5-4;1-2;/h5-6H,2-3,7H2,1H3;3-4H,1-2H3;1-2H3;1H. The Morgan fingerprint density at radius 3 is 1.87 bits per heavy atom. The molecule has 4 heteroatoms. The normalized spacial score (nSPS) is 15.7. The predicted molar refractivity (Wildman–Crippen MR) is 63.7 cm³/mol. The number of ketones is 1. The summed E-state index contributed by atoms with van der Waals surface area (Å²) < 4.78 is 0. The summed E-state index contributed by atoms with van der Waals surface area (Å²) in [7, 11) is 0. The Hall–Kier alpha value is -0.450. The molecule has 1 rings (SSSR count). The third kappa shape index (κ3) is 11.5. The first-order valence-corrected chi connectivity index (χ1v) is 5.55. The minimum Gasteiger partial charge on any atom is -0.321 e. The second kappa shape index (κ2) is 10.1. The summed E-state index contributed by atoms with van der Waals surface area (Å²) in [6.07, 6.45) is 2.25. The molecule has 0 aromatic heterocycles. The van der Waals surface area contributed by atoms with E-state index in [2.05, 4.69) is 4.89 Å². The van der Waals surface area contributed by atoms with Crippen molar-refractivity contribution in [3.63, 3.8) is 0 Å². The smallest absolute Gasteiger partial charge is 0.146 e. The summed E-state index contributed by atoms with van der Waals surface area (Å²) >= 11 is 0. The molecule has 1 aliphatic rings. The lowest BCUT2D eigenvalue weighted by Crippen LogP contribution is -2.30. The highest BCUT2D eigenvalue weighted by Crippen LogP contribution is 2.31. The molecule has 1 unspecified atom stereocenters. The topological polar surface area (TPSA) is 72.6 Å². The van der Waals surface area contributed by atoms with Crippen LogP contribution in [-0.4, -0.2) is 23.2 Å². The Labute approximate surface area is 94.2 Å². The second-order valence-corrected chi connectivity index (χ2v) is 3.63.